The monoisotopic (exact) mass is 226 g/mol. The maximum absolute atomic E-state index is 6.04. The van der Waals surface area contributed by atoms with Crippen molar-refractivity contribution < 1.29 is 0 Å². The fourth-order valence-corrected chi connectivity index (χ4v) is 3.32. The highest BCUT2D eigenvalue weighted by atomic mass is 15.2. The molecule has 1 rings (SSSR count). The molecule has 0 amide bonds. The summed E-state index contributed by atoms with van der Waals surface area (Å²) in [6.07, 6.45) is 2.59. The molecule has 1 fully saturated rings. The van der Waals surface area contributed by atoms with Crippen LogP contribution in [0.2, 0.25) is 0 Å². The second kappa shape index (κ2) is 5.50. The Hall–Kier alpha value is -0.0800. The highest BCUT2D eigenvalue weighted by molar-refractivity contribution is 4.91. The second-order valence-corrected chi connectivity index (χ2v) is 6.65. The SMILES string of the molecule is CC(C)CC(C)(CN)N1CC(C)CC(C)C1. The number of rotatable bonds is 4. The molecule has 16 heavy (non-hydrogen) atoms. The van der Waals surface area contributed by atoms with Crippen LogP contribution in [-0.2, 0) is 0 Å². The maximum Gasteiger partial charge on any atom is 0.0306 e. The maximum atomic E-state index is 6.04. The van der Waals surface area contributed by atoms with E-state index in [-0.39, 0.29) is 5.54 Å². The van der Waals surface area contributed by atoms with Crippen molar-refractivity contribution >= 4 is 0 Å². The predicted molar refractivity (Wildman–Crippen MR) is 71.4 cm³/mol. The van der Waals surface area contributed by atoms with E-state index in [4.69, 9.17) is 5.73 Å². The number of piperidine rings is 1. The molecular formula is C14H30N2. The average Bonchev–Trinajstić information content (AvgIpc) is 2.15. The minimum Gasteiger partial charge on any atom is -0.329 e. The molecule has 1 aliphatic rings. The summed E-state index contributed by atoms with van der Waals surface area (Å²) in [5.41, 5.74) is 6.24. The number of hydrogen-bond acceptors (Lipinski definition) is 2. The van der Waals surface area contributed by atoms with Crippen molar-refractivity contribution in [3.63, 3.8) is 0 Å². The quantitative estimate of drug-likeness (QED) is 0.798. The molecule has 1 saturated heterocycles. The Morgan fingerprint density at radius 1 is 1.25 bits per heavy atom. The molecule has 2 heteroatoms. The first kappa shape index (κ1) is 14.0. The van der Waals surface area contributed by atoms with Gasteiger partial charge in [0.1, 0.15) is 0 Å². The summed E-state index contributed by atoms with van der Waals surface area (Å²) < 4.78 is 0. The van der Waals surface area contributed by atoms with E-state index >= 15 is 0 Å². The number of hydrogen-bond donors (Lipinski definition) is 1. The van der Waals surface area contributed by atoms with Gasteiger partial charge in [0.25, 0.3) is 0 Å². The van der Waals surface area contributed by atoms with Crippen LogP contribution in [0.15, 0.2) is 0 Å². The van der Waals surface area contributed by atoms with Crippen LogP contribution in [0.5, 0.6) is 0 Å². The van der Waals surface area contributed by atoms with E-state index in [1.54, 1.807) is 0 Å². The zero-order valence-electron chi connectivity index (χ0n) is 11.8. The summed E-state index contributed by atoms with van der Waals surface area (Å²) in [5, 5.41) is 0. The lowest BCUT2D eigenvalue weighted by Crippen LogP contribution is -2.56. The molecule has 0 saturated carbocycles. The van der Waals surface area contributed by atoms with Crippen molar-refractivity contribution in [3.8, 4) is 0 Å². The first-order chi connectivity index (χ1) is 7.37. The Morgan fingerprint density at radius 3 is 2.12 bits per heavy atom. The van der Waals surface area contributed by atoms with E-state index in [1.807, 2.05) is 0 Å². The van der Waals surface area contributed by atoms with Crippen molar-refractivity contribution in [1.29, 1.82) is 0 Å². The molecule has 0 aliphatic carbocycles. The number of likely N-dealkylation sites (tertiary alicyclic amines) is 1. The molecule has 0 aromatic rings. The normalized spacial score (nSPS) is 31.7. The fraction of sp³-hybridized carbons (Fsp3) is 1.00. The topological polar surface area (TPSA) is 29.3 Å². The molecule has 1 aliphatic heterocycles. The van der Waals surface area contributed by atoms with Crippen molar-refractivity contribution in [3.05, 3.63) is 0 Å². The molecular weight excluding hydrogens is 196 g/mol. The van der Waals surface area contributed by atoms with Gasteiger partial charge in [-0.05, 0) is 37.5 Å². The van der Waals surface area contributed by atoms with Gasteiger partial charge in [-0.15, -0.1) is 0 Å². The van der Waals surface area contributed by atoms with Crippen LogP contribution >= 0.6 is 0 Å². The first-order valence-corrected chi connectivity index (χ1v) is 6.82. The molecule has 3 unspecified atom stereocenters. The summed E-state index contributed by atoms with van der Waals surface area (Å²) in [7, 11) is 0. The third kappa shape index (κ3) is 3.46. The Balaban J connectivity index is 2.70. The van der Waals surface area contributed by atoms with Crippen LogP contribution in [0.4, 0.5) is 0 Å². The van der Waals surface area contributed by atoms with Gasteiger partial charge in [0.15, 0.2) is 0 Å². The van der Waals surface area contributed by atoms with Gasteiger partial charge in [-0.3, -0.25) is 4.90 Å². The van der Waals surface area contributed by atoms with Crippen LogP contribution in [0.1, 0.15) is 47.5 Å². The molecule has 96 valence electrons. The highest BCUT2D eigenvalue weighted by Gasteiger charge is 2.35. The van der Waals surface area contributed by atoms with Crippen molar-refractivity contribution in [1.82, 2.24) is 4.90 Å². The van der Waals surface area contributed by atoms with Gasteiger partial charge in [0, 0.05) is 25.2 Å². The van der Waals surface area contributed by atoms with Crippen LogP contribution in [0.3, 0.4) is 0 Å². The number of nitrogens with two attached hydrogens (primary N) is 1. The van der Waals surface area contributed by atoms with Crippen LogP contribution < -0.4 is 5.73 Å². The zero-order valence-corrected chi connectivity index (χ0v) is 11.8. The van der Waals surface area contributed by atoms with Gasteiger partial charge in [-0.1, -0.05) is 27.7 Å². The molecule has 0 spiro atoms. The summed E-state index contributed by atoms with van der Waals surface area (Å²) in [6, 6.07) is 0. The van der Waals surface area contributed by atoms with Gasteiger partial charge in [-0.2, -0.15) is 0 Å². The van der Waals surface area contributed by atoms with Gasteiger partial charge in [0.05, 0.1) is 0 Å². The fourth-order valence-electron chi connectivity index (χ4n) is 3.32. The Labute approximate surface area is 102 Å². The van der Waals surface area contributed by atoms with E-state index in [9.17, 15) is 0 Å². The first-order valence-electron chi connectivity index (χ1n) is 6.82. The molecule has 2 N–H and O–H groups in total. The van der Waals surface area contributed by atoms with E-state index in [0.717, 1.165) is 24.3 Å². The Bertz CT molecular complexity index is 205. The smallest absolute Gasteiger partial charge is 0.0306 e. The molecule has 1 heterocycles. The molecule has 0 bridgehead atoms. The van der Waals surface area contributed by atoms with Crippen LogP contribution in [0.25, 0.3) is 0 Å². The lowest BCUT2D eigenvalue weighted by atomic mass is 9.83. The predicted octanol–water partition coefficient (Wildman–Crippen LogP) is 2.73. The summed E-state index contributed by atoms with van der Waals surface area (Å²) in [4.78, 5) is 2.64. The van der Waals surface area contributed by atoms with Gasteiger partial charge in [-0.25, -0.2) is 0 Å². The third-order valence-electron chi connectivity index (χ3n) is 3.92. The largest absolute Gasteiger partial charge is 0.329 e. The van der Waals surface area contributed by atoms with Gasteiger partial charge < -0.3 is 5.73 Å². The molecule has 0 aromatic carbocycles. The van der Waals surface area contributed by atoms with E-state index in [0.29, 0.717) is 0 Å². The lowest BCUT2D eigenvalue weighted by Gasteiger charge is -2.47. The molecule has 0 radical (unpaired) electrons. The van der Waals surface area contributed by atoms with Crippen LogP contribution in [0, 0.1) is 17.8 Å². The molecule has 2 nitrogen and oxygen atoms in total. The summed E-state index contributed by atoms with van der Waals surface area (Å²) in [5.74, 6) is 2.37. The van der Waals surface area contributed by atoms with E-state index in [2.05, 4.69) is 39.5 Å². The Kier molecular flexibility index (Phi) is 4.81. The summed E-state index contributed by atoms with van der Waals surface area (Å²) in [6.45, 7) is 14.9. The average molecular weight is 226 g/mol. The zero-order chi connectivity index (χ0) is 12.3. The molecule has 3 atom stereocenters. The van der Waals surface area contributed by atoms with Gasteiger partial charge >= 0.3 is 0 Å². The van der Waals surface area contributed by atoms with Gasteiger partial charge in [0.2, 0.25) is 0 Å². The third-order valence-corrected chi connectivity index (χ3v) is 3.92. The van der Waals surface area contributed by atoms with Crippen LogP contribution in [-0.4, -0.2) is 30.1 Å². The second-order valence-electron chi connectivity index (χ2n) is 6.65. The lowest BCUT2D eigenvalue weighted by molar-refractivity contribution is 0.0271. The van der Waals surface area contributed by atoms with E-state index in [1.165, 1.54) is 25.9 Å². The van der Waals surface area contributed by atoms with Crippen molar-refractivity contribution in [2.24, 2.45) is 23.5 Å². The standard InChI is InChI=1S/C14H30N2/c1-11(2)7-14(5,10-15)16-8-12(3)6-13(4)9-16/h11-13H,6-10,15H2,1-5H3. The van der Waals surface area contributed by atoms with Crippen molar-refractivity contribution in [2.75, 3.05) is 19.6 Å². The highest BCUT2D eigenvalue weighted by Crippen LogP contribution is 2.30. The van der Waals surface area contributed by atoms with Crippen molar-refractivity contribution in [2.45, 2.75) is 53.0 Å². The minimum absolute atomic E-state index is 0.205. The molecule has 0 aromatic heterocycles. The Morgan fingerprint density at radius 2 is 1.75 bits per heavy atom. The number of nitrogens with zero attached hydrogens (tertiary/aromatic N) is 1. The summed E-state index contributed by atoms with van der Waals surface area (Å²) >= 11 is 0. The van der Waals surface area contributed by atoms with E-state index < -0.39 is 0 Å². The minimum atomic E-state index is 0.205.